The maximum atomic E-state index is 12.3. The number of amides is 2. The van der Waals surface area contributed by atoms with E-state index in [1.165, 1.54) is 12.0 Å². The van der Waals surface area contributed by atoms with Gasteiger partial charge in [-0.25, -0.2) is 9.00 Å². The smallest absolute Gasteiger partial charge is 0.411 e. The molecule has 2 N–H and O–H groups in total. The number of carbonyl (C=O) groups excluding carboxylic acids is 3. The second-order valence-corrected chi connectivity index (χ2v) is 11.0. The zero-order valence-corrected chi connectivity index (χ0v) is 22.1. The molecule has 1 saturated heterocycles. The summed E-state index contributed by atoms with van der Waals surface area (Å²) in [6.07, 6.45) is 1.69. The molecule has 0 radical (unpaired) electrons. The van der Waals surface area contributed by atoms with Gasteiger partial charge in [0.25, 0.3) is 0 Å². The number of likely N-dealkylation sites (tertiary alicyclic amines) is 1. The quantitative estimate of drug-likeness (QED) is 0.419. The summed E-state index contributed by atoms with van der Waals surface area (Å²) in [5, 5.41) is 0. The molecule has 11 heteroatoms. The molecule has 2 fully saturated rings. The third-order valence-electron chi connectivity index (χ3n) is 5.10. The van der Waals surface area contributed by atoms with Crippen molar-refractivity contribution in [3.63, 3.8) is 0 Å². The highest BCUT2D eigenvalue weighted by Crippen LogP contribution is 2.39. The van der Waals surface area contributed by atoms with Gasteiger partial charge >= 0.3 is 12.1 Å². The van der Waals surface area contributed by atoms with E-state index in [-0.39, 0.29) is 24.9 Å². The van der Waals surface area contributed by atoms with Crippen LogP contribution in [0.4, 0.5) is 4.79 Å². The van der Waals surface area contributed by atoms with E-state index in [4.69, 9.17) is 14.7 Å². The van der Waals surface area contributed by atoms with Crippen LogP contribution >= 0.6 is 15.9 Å². The van der Waals surface area contributed by atoms with E-state index in [1.54, 1.807) is 45.0 Å². The van der Waals surface area contributed by atoms with Gasteiger partial charge in [-0.1, -0.05) is 22.0 Å². The highest BCUT2D eigenvalue weighted by Gasteiger charge is 2.42. The van der Waals surface area contributed by atoms with Crippen LogP contribution in [0.5, 0.6) is 0 Å². The Balaban J connectivity index is 0.000000379. The van der Waals surface area contributed by atoms with E-state index < -0.39 is 40.8 Å². The van der Waals surface area contributed by atoms with Gasteiger partial charge < -0.3 is 15.2 Å². The Morgan fingerprint density at radius 1 is 1.21 bits per heavy atom. The number of hydrogen-bond acceptors (Lipinski definition) is 7. The highest BCUT2D eigenvalue weighted by molar-refractivity contribution is 9.10. The molecule has 1 aliphatic carbocycles. The number of halogens is 1. The number of carbonyl (C=O) groups is 3. The molecule has 1 heterocycles. The van der Waals surface area contributed by atoms with E-state index >= 15 is 0 Å². The van der Waals surface area contributed by atoms with Crippen LogP contribution in [0, 0.1) is 11.8 Å². The van der Waals surface area contributed by atoms with E-state index in [2.05, 4.69) is 27.2 Å². The summed E-state index contributed by atoms with van der Waals surface area (Å²) in [4.78, 5) is 36.3. The lowest BCUT2D eigenvalue weighted by Gasteiger charge is -2.27. The molecule has 0 bridgehead atoms. The molecule has 1 aromatic carbocycles. The van der Waals surface area contributed by atoms with Crippen LogP contribution in [0.3, 0.4) is 0 Å². The minimum atomic E-state index is -1.71. The molecule has 1 aromatic rings. The molecule has 0 spiro atoms. The Morgan fingerprint density at radius 2 is 1.82 bits per heavy atom. The van der Waals surface area contributed by atoms with Gasteiger partial charge in [0.1, 0.15) is 11.6 Å². The van der Waals surface area contributed by atoms with Crippen molar-refractivity contribution in [1.29, 1.82) is 0 Å². The average Bonchev–Trinajstić information content (AvgIpc) is 3.43. The number of rotatable bonds is 6. The van der Waals surface area contributed by atoms with Crippen molar-refractivity contribution >= 4 is 45.0 Å². The second kappa shape index (κ2) is 11.9. The van der Waals surface area contributed by atoms with Gasteiger partial charge in [0, 0.05) is 10.9 Å². The molecule has 188 valence electrons. The Morgan fingerprint density at radius 3 is 2.29 bits per heavy atom. The minimum absolute atomic E-state index is 0.0881. The molecule has 34 heavy (non-hydrogen) atoms. The van der Waals surface area contributed by atoms with Crippen molar-refractivity contribution in [2.75, 3.05) is 13.7 Å². The van der Waals surface area contributed by atoms with E-state index in [0.717, 1.165) is 10.9 Å². The van der Waals surface area contributed by atoms with E-state index in [0.29, 0.717) is 10.8 Å². The van der Waals surface area contributed by atoms with Crippen molar-refractivity contribution in [1.82, 2.24) is 4.90 Å². The molecule has 2 aliphatic rings. The predicted octanol–water partition coefficient (Wildman–Crippen LogP) is 3.33. The highest BCUT2D eigenvalue weighted by atomic mass is 79.9. The van der Waals surface area contributed by atoms with Crippen LogP contribution < -0.4 is 5.73 Å². The first-order valence-corrected chi connectivity index (χ1v) is 12.6. The molecular formula is C23H31BrN2O7S. The summed E-state index contributed by atoms with van der Waals surface area (Å²) in [6.45, 7) is 8.87. The number of primary amides is 1. The third-order valence-corrected chi connectivity index (χ3v) is 6.73. The number of esters is 1. The standard InChI is InChI=1S/C16H21BrN2O5S.C7H10O2/c1-16(2,3)23-15(21)19-9-11(8-13(19)14(18)20)24-25(22)12-6-4-10(17)5-7-12;1-3-5-4-6(5)7(8)9-2/h4-7,11,13H,8-9H2,1-3H3,(H2,18,20);3,5-6H,1,4H2,2H3/t;5-,6?/m.1/s1. The Bertz CT molecular complexity index is 932. The summed E-state index contributed by atoms with van der Waals surface area (Å²) >= 11 is 1.60. The van der Waals surface area contributed by atoms with Gasteiger partial charge in [0.05, 0.1) is 30.6 Å². The maximum Gasteiger partial charge on any atom is 0.411 e. The number of nitrogens with two attached hydrogens (primary N) is 1. The number of ether oxygens (including phenoxy) is 2. The van der Waals surface area contributed by atoms with Crippen LogP contribution in [-0.4, -0.2) is 58.5 Å². The van der Waals surface area contributed by atoms with Crippen LogP contribution in [0.1, 0.15) is 33.6 Å². The SMILES string of the molecule is C=C[C@@H]1CC1C(=O)OC.CC(C)(C)OC(=O)N1CC(OS(=O)c2ccc(Br)cc2)CC1C(N)=O. The summed E-state index contributed by atoms with van der Waals surface area (Å²) < 4.78 is 28.5. The van der Waals surface area contributed by atoms with Crippen LogP contribution in [0.25, 0.3) is 0 Å². The van der Waals surface area contributed by atoms with Gasteiger partial charge in [-0.15, -0.1) is 6.58 Å². The van der Waals surface area contributed by atoms with Gasteiger partial charge in [-0.3, -0.25) is 18.7 Å². The third kappa shape index (κ3) is 8.21. The van der Waals surface area contributed by atoms with Crippen LogP contribution in [0.15, 0.2) is 46.3 Å². The molecular weight excluding hydrogens is 528 g/mol. The molecule has 2 amide bonds. The normalized spacial score (nSPS) is 24.3. The maximum absolute atomic E-state index is 12.3. The van der Waals surface area contributed by atoms with Crippen LogP contribution in [0.2, 0.25) is 0 Å². The first-order valence-electron chi connectivity index (χ1n) is 10.7. The zero-order valence-electron chi connectivity index (χ0n) is 19.7. The molecule has 1 saturated carbocycles. The molecule has 4 unspecified atom stereocenters. The monoisotopic (exact) mass is 558 g/mol. The van der Waals surface area contributed by atoms with Gasteiger partial charge in [0.15, 0.2) is 11.1 Å². The topological polar surface area (TPSA) is 125 Å². The van der Waals surface area contributed by atoms with Crippen molar-refractivity contribution in [3.8, 4) is 0 Å². The largest absolute Gasteiger partial charge is 0.469 e. The fourth-order valence-corrected chi connectivity index (χ4v) is 4.40. The Hall–Kier alpha value is -2.24. The summed E-state index contributed by atoms with van der Waals surface area (Å²) in [7, 11) is 1.42. The van der Waals surface area contributed by atoms with Crippen molar-refractivity contribution < 1.29 is 32.2 Å². The minimum Gasteiger partial charge on any atom is -0.469 e. The lowest BCUT2D eigenvalue weighted by molar-refractivity contribution is -0.142. The van der Waals surface area contributed by atoms with Crippen molar-refractivity contribution in [2.24, 2.45) is 17.6 Å². The number of benzene rings is 1. The fraction of sp³-hybridized carbons (Fsp3) is 0.522. The summed E-state index contributed by atoms with van der Waals surface area (Å²) in [5.74, 6) is -0.240. The number of nitrogens with zero attached hydrogens (tertiary/aromatic N) is 1. The lowest BCUT2D eigenvalue weighted by atomic mass is 10.2. The second-order valence-electron chi connectivity index (χ2n) is 8.96. The molecule has 9 nitrogen and oxygen atoms in total. The Kier molecular flexibility index (Phi) is 9.84. The Labute approximate surface area is 210 Å². The molecule has 5 atom stereocenters. The predicted molar refractivity (Wildman–Crippen MR) is 130 cm³/mol. The van der Waals surface area contributed by atoms with Gasteiger partial charge in [0.2, 0.25) is 5.91 Å². The first kappa shape index (κ1) is 28.0. The number of allylic oxidation sites excluding steroid dienone is 1. The summed E-state index contributed by atoms with van der Waals surface area (Å²) in [6, 6.07) is 6.01. The molecule has 3 rings (SSSR count). The fourth-order valence-electron chi connectivity index (χ4n) is 3.28. The number of hydrogen-bond donors (Lipinski definition) is 1. The van der Waals surface area contributed by atoms with E-state index in [9.17, 15) is 18.6 Å². The summed E-state index contributed by atoms with van der Waals surface area (Å²) in [5.41, 5.74) is 4.69. The average molecular weight is 559 g/mol. The zero-order chi connectivity index (χ0) is 25.6. The van der Waals surface area contributed by atoms with Gasteiger partial charge in [-0.05, 0) is 57.4 Å². The first-order chi connectivity index (χ1) is 15.9. The van der Waals surface area contributed by atoms with E-state index in [1.807, 2.05) is 6.08 Å². The van der Waals surface area contributed by atoms with Crippen LogP contribution in [-0.2, 0) is 34.3 Å². The lowest BCUT2D eigenvalue weighted by Crippen LogP contribution is -2.45. The van der Waals surface area contributed by atoms with Crippen molar-refractivity contribution in [2.45, 2.75) is 56.3 Å². The number of methoxy groups -OCH3 is 1. The molecule has 1 aliphatic heterocycles. The van der Waals surface area contributed by atoms with Crippen molar-refractivity contribution in [3.05, 3.63) is 41.4 Å². The molecule has 0 aromatic heterocycles. The van der Waals surface area contributed by atoms with Gasteiger partial charge in [-0.2, -0.15) is 0 Å².